The van der Waals surface area contributed by atoms with Crippen LogP contribution in [0.25, 0.3) is 0 Å². The van der Waals surface area contributed by atoms with Gasteiger partial charge in [0.1, 0.15) is 6.17 Å². The molecule has 2 saturated carbocycles. The molecule has 5 atom stereocenters. The Balaban J connectivity index is 1.84. The van der Waals surface area contributed by atoms with Gasteiger partial charge in [0.2, 0.25) is 0 Å². The molecule has 0 aromatic heterocycles. The van der Waals surface area contributed by atoms with Crippen molar-refractivity contribution in [1.29, 1.82) is 0 Å². The molecule has 0 aromatic rings. The van der Waals surface area contributed by atoms with E-state index < -0.39 is 6.17 Å². The van der Waals surface area contributed by atoms with Gasteiger partial charge in [-0.15, -0.1) is 6.58 Å². The Bertz CT molecular complexity index is 410. The lowest BCUT2D eigenvalue weighted by molar-refractivity contribution is -0.0499. The number of hydrogen-bond donors (Lipinski definition) is 0. The second-order valence-corrected chi connectivity index (χ2v) is 7.90. The van der Waals surface area contributed by atoms with E-state index in [0.717, 1.165) is 37.5 Å². The third-order valence-corrected chi connectivity index (χ3v) is 6.86. The van der Waals surface area contributed by atoms with E-state index in [9.17, 15) is 4.39 Å². The van der Waals surface area contributed by atoms with Crippen LogP contribution in [-0.4, -0.2) is 6.17 Å². The number of halogens is 1. The molecule has 0 amide bonds. The van der Waals surface area contributed by atoms with Gasteiger partial charge in [0.05, 0.1) is 0 Å². The zero-order valence-electron chi connectivity index (χ0n) is 13.6. The smallest absolute Gasteiger partial charge is 0.100 e. The zero-order valence-corrected chi connectivity index (χ0v) is 13.6. The molecule has 0 spiro atoms. The van der Waals surface area contributed by atoms with Crippen molar-refractivity contribution >= 4 is 0 Å². The van der Waals surface area contributed by atoms with E-state index >= 15 is 0 Å². The molecule has 4 unspecified atom stereocenters. The van der Waals surface area contributed by atoms with Crippen LogP contribution in [0.5, 0.6) is 0 Å². The maximum atomic E-state index is 13.9. The van der Waals surface area contributed by atoms with Crippen molar-refractivity contribution in [3.05, 3.63) is 24.3 Å². The molecular formula is C20H31F. The molecule has 0 bridgehead atoms. The molecule has 0 heterocycles. The average molecular weight is 290 g/mol. The molecule has 0 radical (unpaired) electrons. The molecule has 21 heavy (non-hydrogen) atoms. The van der Waals surface area contributed by atoms with Crippen LogP contribution in [0, 0.1) is 23.2 Å². The van der Waals surface area contributed by atoms with Crippen LogP contribution < -0.4 is 0 Å². The molecule has 0 N–H and O–H groups in total. The van der Waals surface area contributed by atoms with Crippen molar-refractivity contribution < 1.29 is 4.39 Å². The minimum Gasteiger partial charge on any atom is -0.247 e. The summed E-state index contributed by atoms with van der Waals surface area (Å²) in [4.78, 5) is 0. The Morgan fingerprint density at radius 3 is 2.95 bits per heavy atom. The molecule has 3 aliphatic carbocycles. The molecule has 0 aliphatic heterocycles. The topological polar surface area (TPSA) is 0 Å². The van der Waals surface area contributed by atoms with E-state index in [1.807, 2.05) is 0 Å². The molecule has 3 rings (SSSR count). The van der Waals surface area contributed by atoms with Crippen molar-refractivity contribution in [3.63, 3.8) is 0 Å². The maximum Gasteiger partial charge on any atom is 0.100 e. The normalized spacial score (nSPS) is 43.2. The van der Waals surface area contributed by atoms with Crippen molar-refractivity contribution in [1.82, 2.24) is 0 Å². The Morgan fingerprint density at radius 1 is 1.38 bits per heavy atom. The van der Waals surface area contributed by atoms with Gasteiger partial charge >= 0.3 is 0 Å². The largest absolute Gasteiger partial charge is 0.247 e. The molecular weight excluding hydrogens is 259 g/mol. The van der Waals surface area contributed by atoms with Gasteiger partial charge in [0.15, 0.2) is 0 Å². The van der Waals surface area contributed by atoms with Gasteiger partial charge in [-0.05, 0) is 87.4 Å². The highest BCUT2D eigenvalue weighted by atomic mass is 19.1. The quantitative estimate of drug-likeness (QED) is 0.538. The number of hydrogen-bond acceptors (Lipinski definition) is 0. The molecule has 2 fully saturated rings. The summed E-state index contributed by atoms with van der Waals surface area (Å²) in [7, 11) is 0. The summed E-state index contributed by atoms with van der Waals surface area (Å²) in [6.07, 6.45) is 15.7. The fraction of sp³-hybridized carbons (Fsp3) is 0.800. The molecule has 1 heteroatoms. The monoisotopic (exact) mass is 290 g/mol. The minimum absolute atomic E-state index is 0.373. The van der Waals surface area contributed by atoms with Crippen molar-refractivity contribution in [3.8, 4) is 0 Å². The minimum atomic E-state index is -0.537. The van der Waals surface area contributed by atoms with E-state index in [4.69, 9.17) is 0 Å². The van der Waals surface area contributed by atoms with Crippen LogP contribution in [0.2, 0.25) is 0 Å². The summed E-state index contributed by atoms with van der Waals surface area (Å²) in [6, 6.07) is 0. The Hall–Kier alpha value is -0.590. The number of fused-ring (bicyclic) bond motifs is 1. The van der Waals surface area contributed by atoms with E-state index in [-0.39, 0.29) is 0 Å². The Morgan fingerprint density at radius 2 is 2.24 bits per heavy atom. The standard InChI is InChI=1S/C20H31F/c1-3-4-9-19-18(15-7-5-6-8-15)11-10-16-14-17(21)12-13-20(16,19)2/h3,7,16-19H,1,4-6,8-14H2,2H3/t16?,17-,18?,19?,20?/m0/s1. The predicted octanol–water partition coefficient (Wildman–Crippen LogP) is 6.23. The SMILES string of the molecule is C=CCCC1C(C2=CCCC2)CCC2C[C@@H](F)CCC21C. The van der Waals surface area contributed by atoms with Crippen LogP contribution >= 0.6 is 0 Å². The average Bonchev–Trinajstić information content (AvgIpc) is 2.99. The highest BCUT2D eigenvalue weighted by Crippen LogP contribution is 2.59. The van der Waals surface area contributed by atoms with Crippen molar-refractivity contribution in [2.45, 2.75) is 77.3 Å². The number of alkyl halides is 1. The number of rotatable bonds is 4. The summed E-state index contributed by atoms with van der Waals surface area (Å²) >= 11 is 0. The van der Waals surface area contributed by atoms with Crippen LogP contribution in [0.15, 0.2) is 24.3 Å². The first kappa shape index (κ1) is 15.3. The molecule has 3 aliphatic rings. The Labute approximate surface area is 129 Å². The van der Waals surface area contributed by atoms with Gasteiger partial charge in [0, 0.05) is 0 Å². The second kappa shape index (κ2) is 6.26. The molecule has 0 aromatic carbocycles. The van der Waals surface area contributed by atoms with E-state index in [0.29, 0.717) is 11.3 Å². The maximum absolute atomic E-state index is 13.9. The fourth-order valence-electron chi connectivity index (χ4n) is 5.65. The lowest BCUT2D eigenvalue weighted by atomic mass is 9.50. The first-order valence-electron chi connectivity index (χ1n) is 9.09. The Kier molecular flexibility index (Phi) is 4.57. The highest BCUT2D eigenvalue weighted by Gasteiger charge is 2.50. The van der Waals surface area contributed by atoms with Gasteiger partial charge in [-0.2, -0.15) is 0 Å². The summed E-state index contributed by atoms with van der Waals surface area (Å²) < 4.78 is 13.9. The lowest BCUT2D eigenvalue weighted by Crippen LogP contribution is -2.47. The third-order valence-electron chi connectivity index (χ3n) is 6.86. The highest BCUT2D eigenvalue weighted by molar-refractivity contribution is 5.17. The third kappa shape index (κ3) is 2.85. The summed E-state index contributed by atoms with van der Waals surface area (Å²) in [5.41, 5.74) is 2.11. The predicted molar refractivity (Wildman–Crippen MR) is 87.9 cm³/mol. The number of allylic oxidation sites excluding steroid dienone is 3. The first-order chi connectivity index (χ1) is 10.1. The fourth-order valence-corrected chi connectivity index (χ4v) is 5.65. The van der Waals surface area contributed by atoms with Gasteiger partial charge < -0.3 is 0 Å². The van der Waals surface area contributed by atoms with Crippen LogP contribution in [0.1, 0.15) is 71.1 Å². The summed E-state index contributed by atoms with van der Waals surface area (Å²) in [5.74, 6) is 2.16. The molecule has 0 saturated heterocycles. The first-order valence-corrected chi connectivity index (χ1v) is 9.09. The van der Waals surface area contributed by atoms with E-state index in [1.165, 1.54) is 38.5 Å². The molecule has 0 nitrogen and oxygen atoms in total. The van der Waals surface area contributed by atoms with Gasteiger partial charge in [-0.1, -0.05) is 24.6 Å². The molecule has 118 valence electrons. The lowest BCUT2D eigenvalue weighted by Gasteiger charge is -2.55. The van der Waals surface area contributed by atoms with Crippen molar-refractivity contribution in [2.24, 2.45) is 23.2 Å². The second-order valence-electron chi connectivity index (χ2n) is 7.90. The van der Waals surface area contributed by atoms with Gasteiger partial charge in [-0.25, -0.2) is 4.39 Å². The summed E-state index contributed by atoms with van der Waals surface area (Å²) in [6.45, 7) is 6.42. The van der Waals surface area contributed by atoms with E-state index in [2.05, 4.69) is 25.7 Å². The van der Waals surface area contributed by atoms with Crippen LogP contribution in [-0.2, 0) is 0 Å². The van der Waals surface area contributed by atoms with E-state index in [1.54, 1.807) is 5.57 Å². The van der Waals surface area contributed by atoms with Crippen LogP contribution in [0.3, 0.4) is 0 Å². The van der Waals surface area contributed by atoms with Gasteiger partial charge in [0.25, 0.3) is 0 Å². The van der Waals surface area contributed by atoms with Crippen molar-refractivity contribution in [2.75, 3.05) is 0 Å². The zero-order chi connectivity index (χ0) is 14.9. The van der Waals surface area contributed by atoms with Gasteiger partial charge in [-0.3, -0.25) is 0 Å². The van der Waals surface area contributed by atoms with Crippen LogP contribution in [0.4, 0.5) is 4.39 Å². The summed E-state index contributed by atoms with van der Waals surface area (Å²) in [5, 5.41) is 0.